The Kier molecular flexibility index (Phi) is 5.37. The number of furan rings is 1. The Labute approximate surface area is 172 Å². The number of thiazole rings is 1. The minimum atomic E-state index is 0.250. The fourth-order valence-electron chi connectivity index (χ4n) is 3.09. The average molecular weight is 411 g/mol. The minimum Gasteiger partial charge on any atom is -0.469 e. The highest BCUT2D eigenvalue weighted by Gasteiger charge is 2.19. The maximum absolute atomic E-state index is 5.45. The lowest BCUT2D eigenvalue weighted by molar-refractivity contribution is 0.531. The van der Waals surface area contributed by atoms with Gasteiger partial charge in [0.25, 0.3) is 0 Å². The lowest BCUT2D eigenvalue weighted by atomic mass is 10.1. The van der Waals surface area contributed by atoms with Gasteiger partial charge in [0.15, 0.2) is 11.0 Å². The quantitative estimate of drug-likeness (QED) is 0.357. The highest BCUT2D eigenvalue weighted by molar-refractivity contribution is 7.98. The number of thioether (sulfide) groups is 1. The molecular weight excluding hydrogens is 388 g/mol. The van der Waals surface area contributed by atoms with Crippen LogP contribution >= 0.6 is 23.1 Å². The number of rotatable bonds is 6. The van der Waals surface area contributed by atoms with E-state index in [0.717, 1.165) is 38.8 Å². The van der Waals surface area contributed by atoms with Gasteiger partial charge in [-0.3, -0.25) is 4.57 Å². The van der Waals surface area contributed by atoms with E-state index in [9.17, 15) is 0 Å². The summed E-state index contributed by atoms with van der Waals surface area (Å²) in [7, 11) is 0. The van der Waals surface area contributed by atoms with Gasteiger partial charge < -0.3 is 4.42 Å². The van der Waals surface area contributed by atoms with E-state index in [1.54, 1.807) is 29.4 Å². The molecule has 4 rings (SSSR count). The van der Waals surface area contributed by atoms with Gasteiger partial charge in [-0.2, -0.15) is 0 Å². The molecule has 0 aliphatic rings. The van der Waals surface area contributed by atoms with Crippen molar-refractivity contribution in [2.45, 2.75) is 44.6 Å². The molecule has 0 spiro atoms. The fraction of sp³-hybridized carbons (Fsp3) is 0.286. The predicted octanol–water partition coefficient (Wildman–Crippen LogP) is 6.15. The molecule has 28 heavy (non-hydrogen) atoms. The van der Waals surface area contributed by atoms with Crippen molar-refractivity contribution >= 4 is 23.1 Å². The Morgan fingerprint density at radius 3 is 2.64 bits per heavy atom. The van der Waals surface area contributed by atoms with E-state index in [1.165, 1.54) is 11.1 Å². The van der Waals surface area contributed by atoms with E-state index in [4.69, 9.17) is 9.40 Å². The molecule has 0 amide bonds. The molecule has 0 N–H and O–H groups in total. The van der Waals surface area contributed by atoms with E-state index >= 15 is 0 Å². The highest BCUT2D eigenvalue weighted by atomic mass is 32.2. The van der Waals surface area contributed by atoms with E-state index in [1.807, 2.05) is 13.0 Å². The second kappa shape index (κ2) is 7.93. The molecule has 3 heterocycles. The maximum atomic E-state index is 5.45. The van der Waals surface area contributed by atoms with Gasteiger partial charge in [-0.1, -0.05) is 36.0 Å². The molecule has 4 aromatic rings. The molecule has 0 fully saturated rings. The van der Waals surface area contributed by atoms with E-state index in [0.29, 0.717) is 0 Å². The molecule has 0 radical (unpaired) electrons. The van der Waals surface area contributed by atoms with Gasteiger partial charge in [-0.25, -0.2) is 4.98 Å². The van der Waals surface area contributed by atoms with Crippen molar-refractivity contribution in [1.82, 2.24) is 19.7 Å². The Morgan fingerprint density at radius 1 is 1.11 bits per heavy atom. The van der Waals surface area contributed by atoms with E-state index in [-0.39, 0.29) is 6.04 Å². The molecule has 0 bridgehead atoms. The van der Waals surface area contributed by atoms with Crippen molar-refractivity contribution in [2.24, 2.45) is 0 Å². The summed E-state index contributed by atoms with van der Waals surface area (Å²) in [5, 5.41) is 13.0. The molecule has 1 aromatic carbocycles. The number of aromatic nitrogens is 4. The van der Waals surface area contributed by atoms with Crippen molar-refractivity contribution in [1.29, 1.82) is 0 Å². The molecule has 0 unspecified atom stereocenters. The van der Waals surface area contributed by atoms with Crippen LogP contribution in [0.4, 0.5) is 0 Å². The summed E-state index contributed by atoms with van der Waals surface area (Å²) in [5.74, 6) is 2.47. The largest absolute Gasteiger partial charge is 0.469 e. The van der Waals surface area contributed by atoms with Crippen LogP contribution in [0.2, 0.25) is 0 Å². The lowest BCUT2D eigenvalue weighted by Crippen LogP contribution is -2.05. The van der Waals surface area contributed by atoms with Gasteiger partial charge in [0.05, 0.1) is 17.5 Å². The normalized spacial score (nSPS) is 11.5. The third kappa shape index (κ3) is 3.64. The molecule has 0 aliphatic carbocycles. The molecular formula is C21H22N4OS2. The Balaban J connectivity index is 1.56. The molecule has 3 aromatic heterocycles. The van der Waals surface area contributed by atoms with Crippen LogP contribution in [0.1, 0.15) is 36.9 Å². The van der Waals surface area contributed by atoms with Crippen molar-refractivity contribution in [3.63, 3.8) is 0 Å². The zero-order chi connectivity index (χ0) is 19.7. The number of hydrogen-bond acceptors (Lipinski definition) is 6. The van der Waals surface area contributed by atoms with Crippen LogP contribution < -0.4 is 0 Å². The minimum absolute atomic E-state index is 0.250. The number of nitrogens with zero attached hydrogens (tertiary/aromatic N) is 4. The van der Waals surface area contributed by atoms with Gasteiger partial charge in [-0.05, 0) is 39.3 Å². The van der Waals surface area contributed by atoms with Crippen LogP contribution in [0.15, 0.2) is 51.5 Å². The summed E-state index contributed by atoms with van der Waals surface area (Å²) in [4.78, 5) is 4.83. The average Bonchev–Trinajstić information content (AvgIpc) is 3.39. The van der Waals surface area contributed by atoms with Crippen molar-refractivity contribution in [3.8, 4) is 22.0 Å². The standard InChI is InChI=1S/C21H22N4OS2/c1-13(2)25-19(18-9-10-26-15(18)4)23-24-21(25)28-12-16-11-27-20(22-16)17-8-6-5-7-14(17)3/h5-11,13H,12H2,1-4H3. The zero-order valence-corrected chi connectivity index (χ0v) is 18.0. The second-order valence-corrected chi connectivity index (χ2v) is 8.71. The van der Waals surface area contributed by atoms with Crippen LogP contribution in [0.3, 0.4) is 0 Å². The fourth-order valence-corrected chi connectivity index (χ4v) is 5.06. The van der Waals surface area contributed by atoms with Crippen LogP contribution in [-0.4, -0.2) is 19.7 Å². The Bertz CT molecular complexity index is 1090. The summed E-state index contributed by atoms with van der Waals surface area (Å²) < 4.78 is 7.61. The molecule has 144 valence electrons. The van der Waals surface area contributed by atoms with Gasteiger partial charge in [0.1, 0.15) is 10.8 Å². The molecule has 5 nitrogen and oxygen atoms in total. The van der Waals surface area contributed by atoms with Crippen molar-refractivity contribution in [2.75, 3.05) is 0 Å². The lowest BCUT2D eigenvalue weighted by Gasteiger charge is -2.13. The summed E-state index contributed by atoms with van der Waals surface area (Å²) in [6, 6.07) is 10.6. The maximum Gasteiger partial charge on any atom is 0.192 e. The molecule has 0 saturated carbocycles. The third-order valence-electron chi connectivity index (χ3n) is 4.56. The van der Waals surface area contributed by atoms with Gasteiger partial charge in [0, 0.05) is 22.7 Å². The highest BCUT2D eigenvalue weighted by Crippen LogP contribution is 2.33. The monoisotopic (exact) mass is 410 g/mol. The van der Waals surface area contributed by atoms with Crippen molar-refractivity contribution < 1.29 is 4.42 Å². The van der Waals surface area contributed by atoms with E-state index < -0.39 is 0 Å². The molecule has 7 heteroatoms. The molecule has 0 saturated heterocycles. The Morgan fingerprint density at radius 2 is 1.93 bits per heavy atom. The first-order valence-corrected chi connectivity index (χ1v) is 11.0. The first-order chi connectivity index (χ1) is 13.5. The number of hydrogen-bond donors (Lipinski definition) is 0. The zero-order valence-electron chi connectivity index (χ0n) is 16.3. The smallest absolute Gasteiger partial charge is 0.192 e. The van der Waals surface area contributed by atoms with Crippen molar-refractivity contribution in [3.05, 3.63) is 59.0 Å². The third-order valence-corrected chi connectivity index (χ3v) is 6.46. The first-order valence-electron chi connectivity index (χ1n) is 9.17. The number of aryl methyl sites for hydroxylation is 2. The summed E-state index contributed by atoms with van der Waals surface area (Å²) in [6.07, 6.45) is 1.69. The van der Waals surface area contributed by atoms with Crippen LogP contribution in [-0.2, 0) is 5.75 Å². The summed E-state index contributed by atoms with van der Waals surface area (Å²) >= 11 is 3.36. The van der Waals surface area contributed by atoms with Gasteiger partial charge in [-0.15, -0.1) is 21.5 Å². The molecule has 0 atom stereocenters. The van der Waals surface area contributed by atoms with Crippen LogP contribution in [0.5, 0.6) is 0 Å². The second-order valence-electron chi connectivity index (χ2n) is 6.91. The summed E-state index contributed by atoms with van der Waals surface area (Å²) in [5.41, 5.74) is 4.50. The summed E-state index contributed by atoms with van der Waals surface area (Å²) in [6.45, 7) is 8.36. The van der Waals surface area contributed by atoms with Gasteiger partial charge in [0.2, 0.25) is 0 Å². The topological polar surface area (TPSA) is 56.7 Å². The van der Waals surface area contributed by atoms with E-state index in [2.05, 4.69) is 65.2 Å². The predicted molar refractivity (Wildman–Crippen MR) is 115 cm³/mol. The van der Waals surface area contributed by atoms with Gasteiger partial charge >= 0.3 is 0 Å². The first kappa shape index (κ1) is 19.0. The van der Waals surface area contributed by atoms with Crippen LogP contribution in [0.25, 0.3) is 22.0 Å². The molecule has 0 aliphatic heterocycles. The Hall–Kier alpha value is -2.38. The SMILES string of the molecule is Cc1ccccc1-c1nc(CSc2nnc(-c3ccoc3C)n2C(C)C)cs1. The van der Waals surface area contributed by atoms with Crippen LogP contribution in [0, 0.1) is 13.8 Å². The number of benzene rings is 1.